The highest BCUT2D eigenvalue weighted by atomic mass is 32.1. The van der Waals surface area contributed by atoms with Crippen LogP contribution in [0.25, 0.3) is 0 Å². The average molecular weight is 312 g/mol. The van der Waals surface area contributed by atoms with E-state index < -0.39 is 0 Å². The van der Waals surface area contributed by atoms with Crippen molar-refractivity contribution < 1.29 is 4.74 Å². The van der Waals surface area contributed by atoms with Crippen LogP contribution in [0, 0.1) is 6.92 Å². The Balaban J connectivity index is 2.03. The van der Waals surface area contributed by atoms with Crippen LogP contribution >= 0.6 is 22.7 Å². The van der Waals surface area contributed by atoms with Gasteiger partial charge in [0.15, 0.2) is 5.13 Å². The first-order valence-electron chi connectivity index (χ1n) is 6.37. The molecule has 110 valence electrons. The molecular weight excluding hydrogens is 292 g/mol. The third-order valence-electron chi connectivity index (χ3n) is 2.80. The molecule has 0 aliphatic heterocycles. The number of hydrogen-bond acceptors (Lipinski definition) is 7. The Hall–Kier alpha value is -1.18. The molecule has 0 aromatic carbocycles. The molecule has 0 saturated carbocycles. The van der Waals surface area contributed by atoms with Gasteiger partial charge in [-0.15, -0.1) is 11.3 Å². The molecule has 2 rings (SSSR count). The van der Waals surface area contributed by atoms with E-state index in [-0.39, 0.29) is 6.04 Å². The van der Waals surface area contributed by atoms with Gasteiger partial charge in [0.05, 0.1) is 18.0 Å². The maximum absolute atomic E-state index is 5.34. The van der Waals surface area contributed by atoms with E-state index in [2.05, 4.69) is 27.6 Å². The second-order valence-corrected chi connectivity index (χ2v) is 6.70. The fourth-order valence-corrected chi connectivity index (χ4v) is 3.42. The molecule has 0 spiro atoms. The van der Waals surface area contributed by atoms with Crippen LogP contribution in [0.15, 0.2) is 5.38 Å². The smallest absolute Gasteiger partial charge is 0.230 e. The van der Waals surface area contributed by atoms with E-state index in [0.29, 0.717) is 5.88 Å². The van der Waals surface area contributed by atoms with Gasteiger partial charge in [0.25, 0.3) is 0 Å². The molecule has 1 N–H and O–H groups in total. The summed E-state index contributed by atoms with van der Waals surface area (Å²) in [5, 5.41) is 7.61. The van der Waals surface area contributed by atoms with Crippen molar-refractivity contribution in [2.75, 3.05) is 26.1 Å². The summed E-state index contributed by atoms with van der Waals surface area (Å²) >= 11 is 3.33. The lowest BCUT2D eigenvalue weighted by atomic mass is 10.3. The Morgan fingerprint density at radius 2 is 2.15 bits per heavy atom. The molecular formula is C13H20N4OS2. The van der Waals surface area contributed by atoms with Gasteiger partial charge in [-0.05, 0) is 13.8 Å². The Morgan fingerprint density at radius 3 is 2.70 bits per heavy atom. The van der Waals surface area contributed by atoms with Crippen molar-refractivity contribution in [1.29, 1.82) is 0 Å². The van der Waals surface area contributed by atoms with Gasteiger partial charge in [-0.25, -0.2) is 4.98 Å². The summed E-state index contributed by atoms with van der Waals surface area (Å²) in [6, 6.07) is 0.225. The van der Waals surface area contributed by atoms with Gasteiger partial charge in [0.2, 0.25) is 5.88 Å². The van der Waals surface area contributed by atoms with Gasteiger partial charge >= 0.3 is 0 Å². The van der Waals surface area contributed by atoms with E-state index in [4.69, 9.17) is 4.74 Å². The zero-order valence-electron chi connectivity index (χ0n) is 12.4. The summed E-state index contributed by atoms with van der Waals surface area (Å²) in [5.41, 5.74) is 1.07. The Kier molecular flexibility index (Phi) is 4.95. The largest absolute Gasteiger partial charge is 0.480 e. The first-order chi connectivity index (χ1) is 9.51. The quantitative estimate of drug-likeness (QED) is 0.889. The molecule has 0 fully saturated rings. The van der Waals surface area contributed by atoms with Crippen LogP contribution in [0.1, 0.15) is 28.5 Å². The maximum atomic E-state index is 5.34. The number of ether oxygens (including phenoxy) is 1. The highest BCUT2D eigenvalue weighted by Gasteiger charge is 2.15. The van der Waals surface area contributed by atoms with Crippen LogP contribution in [-0.4, -0.2) is 31.2 Å². The molecule has 0 bridgehead atoms. The van der Waals surface area contributed by atoms with Crippen LogP contribution in [0.3, 0.4) is 0 Å². The second-order valence-electron chi connectivity index (χ2n) is 4.75. The van der Waals surface area contributed by atoms with Crippen LogP contribution in [0.5, 0.6) is 5.88 Å². The number of anilines is 1. The van der Waals surface area contributed by atoms with Crippen LogP contribution in [0.4, 0.5) is 5.13 Å². The summed E-state index contributed by atoms with van der Waals surface area (Å²) in [6.45, 7) is 4.87. The Morgan fingerprint density at radius 1 is 1.40 bits per heavy atom. The molecule has 1 atom stereocenters. The van der Waals surface area contributed by atoms with Gasteiger partial charge in [-0.2, -0.15) is 4.98 Å². The summed E-state index contributed by atoms with van der Waals surface area (Å²) in [6.07, 6.45) is 0. The van der Waals surface area contributed by atoms with Crippen molar-refractivity contribution in [3.05, 3.63) is 21.0 Å². The lowest BCUT2D eigenvalue weighted by molar-refractivity contribution is 0.393. The van der Waals surface area contributed by atoms with Crippen molar-refractivity contribution >= 4 is 27.8 Å². The van der Waals surface area contributed by atoms with E-state index >= 15 is 0 Å². The molecule has 0 aliphatic carbocycles. The molecule has 5 nitrogen and oxygen atoms in total. The predicted octanol–water partition coefficient (Wildman–Crippen LogP) is 2.83. The highest BCUT2D eigenvalue weighted by Crippen LogP contribution is 2.30. The van der Waals surface area contributed by atoms with Crippen LogP contribution in [0.2, 0.25) is 0 Å². The molecule has 20 heavy (non-hydrogen) atoms. The number of nitrogens with one attached hydrogen (secondary N) is 1. The van der Waals surface area contributed by atoms with E-state index in [1.165, 1.54) is 0 Å². The number of rotatable bonds is 6. The van der Waals surface area contributed by atoms with E-state index in [1.54, 1.807) is 29.8 Å². The maximum Gasteiger partial charge on any atom is 0.230 e. The lowest BCUT2D eigenvalue weighted by Crippen LogP contribution is -2.17. The minimum atomic E-state index is 0.225. The molecule has 0 radical (unpaired) electrons. The normalized spacial score (nSPS) is 12.4. The monoisotopic (exact) mass is 312 g/mol. The van der Waals surface area contributed by atoms with E-state index in [9.17, 15) is 0 Å². The van der Waals surface area contributed by atoms with Gasteiger partial charge in [0.1, 0.15) is 5.01 Å². The number of aryl methyl sites for hydroxylation is 1. The Bertz CT molecular complexity index is 564. The number of thiazole rings is 2. The minimum absolute atomic E-state index is 0.225. The van der Waals surface area contributed by atoms with Crippen molar-refractivity contribution in [3.8, 4) is 5.88 Å². The molecule has 2 aromatic rings. The first kappa shape index (κ1) is 15.2. The number of methoxy groups -OCH3 is 1. The zero-order chi connectivity index (χ0) is 14.7. The summed E-state index contributed by atoms with van der Waals surface area (Å²) in [4.78, 5) is 12.1. The molecule has 1 unspecified atom stereocenters. The topological polar surface area (TPSA) is 50.3 Å². The van der Waals surface area contributed by atoms with Crippen molar-refractivity contribution in [1.82, 2.24) is 15.3 Å². The summed E-state index contributed by atoms with van der Waals surface area (Å²) in [7, 11) is 5.62. The molecule has 0 amide bonds. The number of hydrogen-bond donors (Lipinski definition) is 1. The first-order valence-corrected chi connectivity index (χ1v) is 8.07. The third kappa shape index (κ3) is 3.47. The molecule has 0 aliphatic rings. The zero-order valence-corrected chi connectivity index (χ0v) is 14.1. The van der Waals surface area contributed by atoms with Crippen LogP contribution < -0.4 is 15.0 Å². The van der Waals surface area contributed by atoms with Gasteiger partial charge < -0.3 is 15.0 Å². The van der Waals surface area contributed by atoms with Crippen molar-refractivity contribution in [2.45, 2.75) is 26.4 Å². The molecule has 7 heteroatoms. The summed E-state index contributed by atoms with van der Waals surface area (Å²) < 4.78 is 5.34. The van der Waals surface area contributed by atoms with E-state index in [0.717, 1.165) is 27.3 Å². The molecule has 2 aromatic heterocycles. The average Bonchev–Trinajstić information content (AvgIpc) is 3.01. The highest BCUT2D eigenvalue weighted by molar-refractivity contribution is 7.15. The van der Waals surface area contributed by atoms with E-state index in [1.807, 2.05) is 25.9 Å². The van der Waals surface area contributed by atoms with Gasteiger partial charge in [-0.3, -0.25) is 0 Å². The fourth-order valence-electron chi connectivity index (χ4n) is 1.69. The summed E-state index contributed by atoms with van der Waals surface area (Å²) in [5.74, 6) is 0.703. The lowest BCUT2D eigenvalue weighted by Gasteiger charge is -2.10. The predicted molar refractivity (Wildman–Crippen MR) is 85.1 cm³/mol. The van der Waals surface area contributed by atoms with Crippen molar-refractivity contribution in [3.63, 3.8) is 0 Å². The van der Waals surface area contributed by atoms with Gasteiger partial charge in [0, 0.05) is 31.7 Å². The SMILES string of the molecule is COc1nc(N(C)C)sc1CNC(C)c1nc(C)cs1. The molecule has 0 saturated heterocycles. The van der Waals surface area contributed by atoms with Crippen LogP contribution in [-0.2, 0) is 6.54 Å². The standard InChI is InChI=1S/C13H20N4OS2/c1-8-7-19-12(15-8)9(2)14-6-10-11(18-5)16-13(20-10)17(3)4/h7,9,14H,6H2,1-5H3. The Labute approximate surface area is 127 Å². The molecule has 2 heterocycles. The third-order valence-corrected chi connectivity index (χ3v) is 5.15. The van der Waals surface area contributed by atoms with Crippen molar-refractivity contribution in [2.24, 2.45) is 0 Å². The second kappa shape index (κ2) is 6.51. The minimum Gasteiger partial charge on any atom is -0.480 e. The fraction of sp³-hybridized carbons (Fsp3) is 0.538. The number of nitrogens with zero attached hydrogens (tertiary/aromatic N) is 3. The van der Waals surface area contributed by atoms with Gasteiger partial charge in [-0.1, -0.05) is 11.3 Å². The number of aromatic nitrogens is 2.